The highest BCUT2D eigenvalue weighted by Gasteiger charge is 1.96. The molecule has 0 radical (unpaired) electrons. The molecule has 0 aliphatic rings. The van der Waals surface area contributed by atoms with Crippen molar-refractivity contribution >= 4 is 5.69 Å². The van der Waals surface area contributed by atoms with Gasteiger partial charge in [-0.2, -0.15) is 0 Å². The van der Waals surface area contributed by atoms with Crippen LogP contribution in [-0.2, 0) is 13.0 Å². The zero-order chi connectivity index (χ0) is 10.5. The van der Waals surface area contributed by atoms with Crippen molar-refractivity contribution in [1.82, 2.24) is 5.16 Å². The van der Waals surface area contributed by atoms with E-state index in [2.05, 4.69) is 41.7 Å². The predicted octanol–water partition coefficient (Wildman–Crippen LogP) is 2.85. The summed E-state index contributed by atoms with van der Waals surface area (Å²) in [6.45, 7) is 2.90. The summed E-state index contributed by atoms with van der Waals surface area (Å²) in [4.78, 5) is 0. The third-order valence-corrected chi connectivity index (χ3v) is 2.32. The van der Waals surface area contributed by atoms with Crippen molar-refractivity contribution in [3.05, 3.63) is 47.9 Å². The van der Waals surface area contributed by atoms with Crippen LogP contribution in [0.5, 0.6) is 0 Å². The third kappa shape index (κ3) is 2.59. The Morgan fingerprint density at radius 1 is 1.33 bits per heavy atom. The predicted molar refractivity (Wildman–Crippen MR) is 59.6 cm³/mol. The second-order valence-electron chi connectivity index (χ2n) is 3.44. The minimum absolute atomic E-state index is 0.747. The molecule has 0 unspecified atom stereocenters. The standard InChI is InChI=1S/C12H14N2O/c1-2-10-4-3-5-12(6-10)13-7-11-8-14-15-9-11/h3-6,8-9,13H,2,7H2,1H3. The maximum absolute atomic E-state index is 4.76. The molecule has 0 saturated heterocycles. The number of anilines is 1. The minimum atomic E-state index is 0.747. The first-order chi connectivity index (χ1) is 7.38. The van der Waals surface area contributed by atoms with E-state index >= 15 is 0 Å². The van der Waals surface area contributed by atoms with Crippen LogP contribution in [0.25, 0.3) is 0 Å². The van der Waals surface area contributed by atoms with E-state index in [1.165, 1.54) is 5.56 Å². The van der Waals surface area contributed by atoms with Gasteiger partial charge in [-0.1, -0.05) is 24.2 Å². The average molecular weight is 202 g/mol. The summed E-state index contributed by atoms with van der Waals surface area (Å²) in [5, 5.41) is 6.97. The fourth-order valence-corrected chi connectivity index (χ4v) is 1.42. The van der Waals surface area contributed by atoms with Crippen LogP contribution in [-0.4, -0.2) is 5.16 Å². The highest BCUT2D eigenvalue weighted by molar-refractivity contribution is 5.46. The van der Waals surface area contributed by atoms with E-state index in [1.54, 1.807) is 12.5 Å². The SMILES string of the molecule is CCc1cccc(NCc2cnoc2)c1. The van der Waals surface area contributed by atoms with Crippen LogP contribution in [0, 0.1) is 0 Å². The molecule has 1 N–H and O–H groups in total. The Morgan fingerprint density at radius 3 is 3.00 bits per heavy atom. The number of nitrogens with zero attached hydrogens (tertiary/aromatic N) is 1. The van der Waals surface area contributed by atoms with E-state index in [4.69, 9.17) is 4.52 Å². The molecule has 0 aliphatic carbocycles. The van der Waals surface area contributed by atoms with E-state index in [1.807, 2.05) is 0 Å². The van der Waals surface area contributed by atoms with Crippen molar-refractivity contribution in [3.63, 3.8) is 0 Å². The topological polar surface area (TPSA) is 38.1 Å². The highest BCUT2D eigenvalue weighted by atomic mass is 16.5. The molecule has 3 nitrogen and oxygen atoms in total. The molecule has 0 aliphatic heterocycles. The lowest BCUT2D eigenvalue weighted by molar-refractivity contribution is 0.419. The molecule has 2 aromatic rings. The number of hydrogen-bond acceptors (Lipinski definition) is 3. The van der Waals surface area contributed by atoms with Crippen molar-refractivity contribution in [3.8, 4) is 0 Å². The number of hydrogen-bond donors (Lipinski definition) is 1. The van der Waals surface area contributed by atoms with Crippen molar-refractivity contribution in [2.45, 2.75) is 19.9 Å². The van der Waals surface area contributed by atoms with Crippen LogP contribution in [0.2, 0.25) is 0 Å². The second-order valence-corrected chi connectivity index (χ2v) is 3.44. The molecule has 1 heterocycles. The first kappa shape index (κ1) is 9.77. The van der Waals surface area contributed by atoms with E-state index in [9.17, 15) is 0 Å². The van der Waals surface area contributed by atoms with Gasteiger partial charge in [-0.05, 0) is 24.1 Å². The monoisotopic (exact) mass is 202 g/mol. The molecule has 1 aromatic carbocycles. The van der Waals surface area contributed by atoms with E-state index < -0.39 is 0 Å². The average Bonchev–Trinajstić information content (AvgIpc) is 2.79. The van der Waals surface area contributed by atoms with Crippen LogP contribution < -0.4 is 5.32 Å². The molecule has 0 amide bonds. The number of aromatic nitrogens is 1. The van der Waals surface area contributed by atoms with Gasteiger partial charge in [0.15, 0.2) is 0 Å². The Morgan fingerprint density at radius 2 is 2.27 bits per heavy atom. The van der Waals surface area contributed by atoms with Crippen molar-refractivity contribution in [2.24, 2.45) is 0 Å². The summed E-state index contributed by atoms with van der Waals surface area (Å²) >= 11 is 0. The van der Waals surface area contributed by atoms with E-state index in [-0.39, 0.29) is 0 Å². The molecule has 1 aromatic heterocycles. The van der Waals surface area contributed by atoms with Gasteiger partial charge in [-0.25, -0.2) is 0 Å². The van der Waals surface area contributed by atoms with Gasteiger partial charge in [0, 0.05) is 17.8 Å². The summed E-state index contributed by atoms with van der Waals surface area (Å²) in [6.07, 6.45) is 4.43. The third-order valence-electron chi connectivity index (χ3n) is 2.32. The van der Waals surface area contributed by atoms with Gasteiger partial charge in [0.05, 0.1) is 6.20 Å². The Labute approximate surface area is 89.1 Å². The molecule has 0 bridgehead atoms. The molecule has 0 saturated carbocycles. The molecular formula is C12H14N2O. The Bertz CT molecular complexity index is 409. The minimum Gasteiger partial charge on any atom is -0.381 e. The van der Waals surface area contributed by atoms with E-state index in [0.29, 0.717) is 0 Å². The molecule has 15 heavy (non-hydrogen) atoms. The van der Waals surface area contributed by atoms with Crippen LogP contribution in [0.4, 0.5) is 5.69 Å². The second kappa shape index (κ2) is 4.64. The molecule has 0 fully saturated rings. The smallest absolute Gasteiger partial charge is 0.128 e. The van der Waals surface area contributed by atoms with Crippen molar-refractivity contribution in [1.29, 1.82) is 0 Å². The summed E-state index contributed by atoms with van der Waals surface area (Å²) in [6, 6.07) is 8.42. The number of benzene rings is 1. The van der Waals surface area contributed by atoms with Gasteiger partial charge in [0.2, 0.25) is 0 Å². The highest BCUT2D eigenvalue weighted by Crippen LogP contribution is 2.12. The molecule has 2 rings (SSSR count). The maximum atomic E-state index is 4.76. The van der Waals surface area contributed by atoms with E-state index in [0.717, 1.165) is 24.2 Å². The fourth-order valence-electron chi connectivity index (χ4n) is 1.42. The lowest BCUT2D eigenvalue weighted by atomic mass is 10.1. The van der Waals surface area contributed by atoms with Crippen LogP contribution in [0.15, 0.2) is 41.2 Å². The Kier molecular flexibility index (Phi) is 3.02. The maximum Gasteiger partial charge on any atom is 0.128 e. The number of rotatable bonds is 4. The molecule has 0 atom stereocenters. The van der Waals surface area contributed by atoms with Crippen LogP contribution >= 0.6 is 0 Å². The van der Waals surface area contributed by atoms with Crippen LogP contribution in [0.1, 0.15) is 18.1 Å². The van der Waals surface area contributed by atoms with Gasteiger partial charge >= 0.3 is 0 Å². The van der Waals surface area contributed by atoms with Gasteiger partial charge in [-0.15, -0.1) is 0 Å². The lowest BCUT2D eigenvalue weighted by Gasteiger charge is -2.05. The summed E-state index contributed by atoms with van der Waals surface area (Å²) in [5.41, 5.74) is 3.53. The Balaban J connectivity index is 1.98. The summed E-state index contributed by atoms with van der Waals surface area (Å²) < 4.78 is 4.76. The zero-order valence-electron chi connectivity index (χ0n) is 8.73. The zero-order valence-corrected chi connectivity index (χ0v) is 8.73. The Hall–Kier alpha value is -1.77. The van der Waals surface area contributed by atoms with Gasteiger partial charge in [0.25, 0.3) is 0 Å². The summed E-state index contributed by atoms with van der Waals surface area (Å²) in [5.74, 6) is 0. The lowest BCUT2D eigenvalue weighted by Crippen LogP contribution is -1.98. The quantitative estimate of drug-likeness (QED) is 0.828. The molecule has 0 spiro atoms. The first-order valence-corrected chi connectivity index (χ1v) is 5.09. The van der Waals surface area contributed by atoms with Gasteiger partial charge in [0.1, 0.15) is 6.26 Å². The molecular weight excluding hydrogens is 188 g/mol. The van der Waals surface area contributed by atoms with Gasteiger partial charge in [-0.3, -0.25) is 0 Å². The normalized spacial score (nSPS) is 10.2. The van der Waals surface area contributed by atoms with Crippen molar-refractivity contribution < 1.29 is 4.52 Å². The van der Waals surface area contributed by atoms with Crippen molar-refractivity contribution in [2.75, 3.05) is 5.32 Å². The largest absolute Gasteiger partial charge is 0.381 e. The fraction of sp³-hybridized carbons (Fsp3) is 0.250. The number of aryl methyl sites for hydroxylation is 1. The van der Waals surface area contributed by atoms with Gasteiger partial charge < -0.3 is 9.84 Å². The molecule has 78 valence electrons. The van der Waals surface area contributed by atoms with Crippen LogP contribution in [0.3, 0.4) is 0 Å². The molecule has 3 heteroatoms. The number of nitrogens with one attached hydrogen (secondary N) is 1. The summed E-state index contributed by atoms with van der Waals surface area (Å²) in [7, 11) is 0. The first-order valence-electron chi connectivity index (χ1n) is 5.09.